The van der Waals surface area contributed by atoms with Gasteiger partial charge in [-0.3, -0.25) is 4.79 Å². The molecule has 0 saturated carbocycles. The predicted molar refractivity (Wildman–Crippen MR) is 73.3 cm³/mol. The van der Waals surface area contributed by atoms with Crippen LogP contribution in [0.25, 0.3) is 0 Å². The normalized spacial score (nSPS) is 20.3. The Morgan fingerprint density at radius 1 is 1.53 bits per heavy atom. The van der Waals surface area contributed by atoms with Crippen LogP contribution in [0, 0.1) is 6.92 Å². The second-order valence-corrected chi connectivity index (χ2v) is 5.66. The van der Waals surface area contributed by atoms with Gasteiger partial charge in [-0.15, -0.1) is 0 Å². The maximum Gasteiger partial charge on any atom is 0.246 e. The van der Waals surface area contributed by atoms with Crippen LogP contribution in [-0.2, 0) is 9.53 Å². The fourth-order valence-corrected chi connectivity index (χ4v) is 2.45. The second kappa shape index (κ2) is 5.21. The summed E-state index contributed by atoms with van der Waals surface area (Å²) in [6, 6.07) is 6.06. The Morgan fingerprint density at radius 2 is 2.26 bits per heavy atom. The first-order valence-electron chi connectivity index (χ1n) is 6.49. The molecule has 0 aromatic heterocycles. The number of carbonyl (C=O) groups excluding carboxylic acids is 1. The molecule has 1 amide bonds. The topological polar surface area (TPSA) is 47.6 Å². The number of benzene rings is 1. The third kappa shape index (κ3) is 3.26. The lowest BCUT2D eigenvalue weighted by Gasteiger charge is -2.38. The van der Waals surface area contributed by atoms with E-state index in [2.05, 4.69) is 5.32 Å². The van der Waals surface area contributed by atoms with Crippen molar-refractivity contribution in [1.82, 2.24) is 5.32 Å². The van der Waals surface area contributed by atoms with Gasteiger partial charge in [0.05, 0.1) is 6.04 Å². The highest BCUT2D eigenvalue weighted by Gasteiger charge is 2.34. The minimum Gasteiger partial charge on any atom is -0.487 e. The zero-order valence-corrected chi connectivity index (χ0v) is 11.9. The number of fused-ring (bicyclic) bond motifs is 1. The summed E-state index contributed by atoms with van der Waals surface area (Å²) < 4.78 is 10.9. The monoisotopic (exact) mass is 263 g/mol. The molecule has 0 spiro atoms. The van der Waals surface area contributed by atoms with Crippen molar-refractivity contribution < 1.29 is 14.3 Å². The molecule has 0 unspecified atom stereocenters. The van der Waals surface area contributed by atoms with Gasteiger partial charge >= 0.3 is 0 Å². The second-order valence-electron chi connectivity index (χ2n) is 5.66. The molecule has 1 atom stereocenters. The van der Waals surface area contributed by atoms with Crippen molar-refractivity contribution in [3.63, 3.8) is 0 Å². The van der Waals surface area contributed by atoms with Crippen LogP contribution in [0.4, 0.5) is 0 Å². The van der Waals surface area contributed by atoms with Gasteiger partial charge in [-0.1, -0.05) is 12.1 Å². The first-order chi connectivity index (χ1) is 8.91. The number of methoxy groups -OCH3 is 1. The van der Waals surface area contributed by atoms with E-state index < -0.39 is 0 Å². The molecule has 2 rings (SSSR count). The number of aryl methyl sites for hydroxylation is 1. The van der Waals surface area contributed by atoms with E-state index in [1.807, 2.05) is 39.0 Å². The summed E-state index contributed by atoms with van der Waals surface area (Å²) >= 11 is 0. The highest BCUT2D eigenvalue weighted by atomic mass is 16.5. The SMILES string of the molecule is COCC(=O)N[C@H]1CC(C)(C)Oc2cc(C)ccc21. The van der Waals surface area contributed by atoms with Crippen LogP contribution in [0.1, 0.15) is 37.4 Å². The van der Waals surface area contributed by atoms with E-state index in [-0.39, 0.29) is 24.2 Å². The fourth-order valence-electron chi connectivity index (χ4n) is 2.45. The van der Waals surface area contributed by atoms with Gasteiger partial charge in [-0.25, -0.2) is 0 Å². The lowest BCUT2D eigenvalue weighted by molar-refractivity contribution is -0.126. The highest BCUT2D eigenvalue weighted by molar-refractivity contribution is 5.77. The summed E-state index contributed by atoms with van der Waals surface area (Å²) in [7, 11) is 1.52. The Hall–Kier alpha value is -1.55. The molecule has 0 radical (unpaired) electrons. The van der Waals surface area contributed by atoms with E-state index in [0.29, 0.717) is 0 Å². The number of nitrogens with one attached hydrogen (secondary N) is 1. The summed E-state index contributed by atoms with van der Waals surface area (Å²) in [5.74, 6) is 0.760. The molecule has 4 heteroatoms. The average Bonchev–Trinajstić information content (AvgIpc) is 2.26. The smallest absolute Gasteiger partial charge is 0.246 e. The van der Waals surface area contributed by atoms with Crippen molar-refractivity contribution in [3.8, 4) is 5.75 Å². The molecule has 0 saturated heterocycles. The third-order valence-electron chi connectivity index (χ3n) is 3.24. The van der Waals surface area contributed by atoms with E-state index in [9.17, 15) is 4.79 Å². The number of hydrogen-bond donors (Lipinski definition) is 1. The molecule has 104 valence electrons. The first-order valence-corrected chi connectivity index (χ1v) is 6.49. The molecule has 4 nitrogen and oxygen atoms in total. The Bertz CT molecular complexity index is 482. The molecule has 1 N–H and O–H groups in total. The number of carbonyl (C=O) groups is 1. The number of amides is 1. The average molecular weight is 263 g/mol. The molecule has 1 aliphatic heterocycles. The van der Waals surface area contributed by atoms with Crippen LogP contribution in [0.15, 0.2) is 18.2 Å². The van der Waals surface area contributed by atoms with E-state index >= 15 is 0 Å². The number of rotatable bonds is 3. The van der Waals surface area contributed by atoms with Crippen molar-refractivity contribution in [1.29, 1.82) is 0 Å². The predicted octanol–water partition coefficient (Wildman–Crippen LogP) is 2.36. The minimum atomic E-state index is -0.286. The lowest BCUT2D eigenvalue weighted by atomic mass is 9.89. The summed E-state index contributed by atoms with van der Waals surface area (Å²) in [5, 5.41) is 3.01. The number of hydrogen-bond acceptors (Lipinski definition) is 3. The van der Waals surface area contributed by atoms with Crippen LogP contribution in [0.2, 0.25) is 0 Å². The summed E-state index contributed by atoms with van der Waals surface area (Å²) in [5.41, 5.74) is 1.90. The van der Waals surface area contributed by atoms with Crippen LogP contribution in [0.3, 0.4) is 0 Å². The van der Waals surface area contributed by atoms with E-state index in [1.54, 1.807) is 0 Å². The summed E-state index contributed by atoms with van der Waals surface area (Å²) in [6.07, 6.45) is 0.749. The highest BCUT2D eigenvalue weighted by Crippen LogP contribution is 2.39. The largest absolute Gasteiger partial charge is 0.487 e. The van der Waals surface area contributed by atoms with Gasteiger partial charge in [0.25, 0.3) is 0 Å². The first kappa shape index (κ1) is 13.9. The van der Waals surface area contributed by atoms with Gasteiger partial charge in [0.15, 0.2) is 0 Å². The van der Waals surface area contributed by atoms with Crippen molar-refractivity contribution in [2.45, 2.75) is 38.8 Å². The van der Waals surface area contributed by atoms with Gasteiger partial charge in [-0.05, 0) is 32.4 Å². The van der Waals surface area contributed by atoms with E-state index in [0.717, 1.165) is 23.3 Å². The van der Waals surface area contributed by atoms with Gasteiger partial charge in [0.1, 0.15) is 18.0 Å². The van der Waals surface area contributed by atoms with Crippen molar-refractivity contribution in [3.05, 3.63) is 29.3 Å². The van der Waals surface area contributed by atoms with Crippen molar-refractivity contribution in [2.75, 3.05) is 13.7 Å². The summed E-state index contributed by atoms with van der Waals surface area (Å²) in [6.45, 7) is 6.18. The molecule has 1 aliphatic rings. The standard InChI is InChI=1S/C15H21NO3/c1-10-5-6-11-12(16-14(17)9-18-4)8-15(2,3)19-13(11)7-10/h5-7,12H,8-9H2,1-4H3,(H,16,17)/t12-/m0/s1. The maximum absolute atomic E-state index is 11.7. The molecule has 1 aromatic carbocycles. The Kier molecular flexibility index (Phi) is 3.80. The zero-order valence-electron chi connectivity index (χ0n) is 11.9. The fraction of sp³-hybridized carbons (Fsp3) is 0.533. The van der Waals surface area contributed by atoms with E-state index in [4.69, 9.17) is 9.47 Å². The molecule has 0 aliphatic carbocycles. The third-order valence-corrected chi connectivity index (χ3v) is 3.24. The molecule has 1 aromatic rings. The molecule has 0 fully saturated rings. The quantitative estimate of drug-likeness (QED) is 0.910. The molecule has 0 bridgehead atoms. The van der Waals surface area contributed by atoms with Crippen LogP contribution in [-0.4, -0.2) is 25.2 Å². The van der Waals surface area contributed by atoms with Gasteiger partial charge < -0.3 is 14.8 Å². The number of ether oxygens (including phenoxy) is 2. The maximum atomic E-state index is 11.7. The Morgan fingerprint density at radius 3 is 2.95 bits per heavy atom. The Labute approximate surface area is 114 Å². The van der Waals surface area contributed by atoms with Crippen molar-refractivity contribution in [2.24, 2.45) is 0 Å². The van der Waals surface area contributed by atoms with Gasteiger partial charge in [0.2, 0.25) is 5.91 Å². The molecule has 1 heterocycles. The summed E-state index contributed by atoms with van der Waals surface area (Å²) in [4.78, 5) is 11.7. The van der Waals surface area contributed by atoms with Crippen LogP contribution in [0.5, 0.6) is 5.75 Å². The zero-order chi connectivity index (χ0) is 14.0. The molecular formula is C15H21NO3. The molecular weight excluding hydrogens is 242 g/mol. The van der Waals surface area contributed by atoms with Crippen LogP contribution >= 0.6 is 0 Å². The van der Waals surface area contributed by atoms with Crippen molar-refractivity contribution >= 4 is 5.91 Å². The minimum absolute atomic E-state index is 0.0259. The van der Waals surface area contributed by atoms with E-state index in [1.165, 1.54) is 7.11 Å². The van der Waals surface area contributed by atoms with Gasteiger partial charge in [-0.2, -0.15) is 0 Å². The Balaban J connectivity index is 2.27. The lowest BCUT2D eigenvalue weighted by Crippen LogP contribution is -2.42. The molecule has 19 heavy (non-hydrogen) atoms. The van der Waals surface area contributed by atoms with Crippen LogP contribution < -0.4 is 10.1 Å². The van der Waals surface area contributed by atoms with Gasteiger partial charge in [0, 0.05) is 19.1 Å².